The number of nitrogens with zero attached hydrogens (tertiary/aromatic N) is 2. The van der Waals surface area contributed by atoms with Gasteiger partial charge in [0.2, 0.25) is 0 Å². The zero-order valence-corrected chi connectivity index (χ0v) is 10.5. The van der Waals surface area contributed by atoms with Crippen LogP contribution in [0.3, 0.4) is 0 Å². The minimum Gasteiger partial charge on any atom is -0.443 e. The predicted molar refractivity (Wildman–Crippen MR) is 73.0 cm³/mol. The largest absolute Gasteiger partial charge is 0.443 e. The fraction of sp³-hybridized carbons (Fsp3) is 0. The van der Waals surface area contributed by atoms with Crippen molar-refractivity contribution < 1.29 is 8.83 Å². The molecule has 0 saturated carbocycles. The zero-order chi connectivity index (χ0) is 13.1. The Morgan fingerprint density at radius 1 is 0.842 bits per heavy atom. The second kappa shape index (κ2) is 5.12. The van der Waals surface area contributed by atoms with E-state index in [-0.39, 0.29) is 5.35 Å². The number of hydrogen-bond donors (Lipinski definition) is 0. The number of oxazole rings is 2. The molecular formula is C14H9ClN2O2. The lowest BCUT2D eigenvalue weighted by molar-refractivity contribution is 0.602. The molecule has 2 aromatic carbocycles. The standard InChI is InChI=1S/C7H4ClNO.C7H5NO/c8-7-9-5-3-1-2-4-6(5)10-7;1-2-4-7-6(3-1)8-5-9-7/h1-4H;1-5H. The summed E-state index contributed by atoms with van der Waals surface area (Å²) in [7, 11) is 0. The van der Waals surface area contributed by atoms with Crippen LogP contribution in [0.5, 0.6) is 0 Å². The molecule has 5 heteroatoms. The van der Waals surface area contributed by atoms with Crippen molar-refractivity contribution in [2.75, 3.05) is 0 Å². The van der Waals surface area contributed by atoms with Gasteiger partial charge in [0.05, 0.1) is 0 Å². The van der Waals surface area contributed by atoms with Gasteiger partial charge in [-0.25, -0.2) is 4.98 Å². The van der Waals surface area contributed by atoms with Crippen molar-refractivity contribution >= 4 is 33.8 Å². The second-order valence-corrected chi connectivity index (χ2v) is 4.08. The van der Waals surface area contributed by atoms with E-state index in [1.54, 1.807) is 0 Å². The Morgan fingerprint density at radius 2 is 1.53 bits per heavy atom. The summed E-state index contributed by atoms with van der Waals surface area (Å²) in [5.41, 5.74) is 3.29. The molecule has 0 atom stereocenters. The van der Waals surface area contributed by atoms with Gasteiger partial charge in [0.1, 0.15) is 11.0 Å². The average Bonchev–Trinajstić information content (AvgIpc) is 3.03. The van der Waals surface area contributed by atoms with E-state index < -0.39 is 0 Å². The molecule has 0 radical (unpaired) electrons. The van der Waals surface area contributed by atoms with Crippen LogP contribution in [0, 0.1) is 0 Å². The smallest absolute Gasteiger partial charge is 0.293 e. The van der Waals surface area contributed by atoms with Gasteiger partial charge in [-0.1, -0.05) is 24.3 Å². The van der Waals surface area contributed by atoms with Gasteiger partial charge in [-0.05, 0) is 35.9 Å². The molecule has 94 valence electrons. The van der Waals surface area contributed by atoms with Crippen LogP contribution in [0.2, 0.25) is 5.35 Å². The first-order valence-corrected chi connectivity index (χ1v) is 6.00. The number of benzene rings is 2. The highest BCUT2D eigenvalue weighted by Crippen LogP contribution is 2.17. The summed E-state index contributed by atoms with van der Waals surface area (Å²) < 4.78 is 10.0. The average molecular weight is 273 g/mol. The second-order valence-electron chi connectivity index (χ2n) is 3.75. The van der Waals surface area contributed by atoms with E-state index in [1.165, 1.54) is 6.39 Å². The van der Waals surface area contributed by atoms with Crippen molar-refractivity contribution in [1.29, 1.82) is 0 Å². The molecule has 0 fully saturated rings. The number of rotatable bonds is 0. The quantitative estimate of drug-likeness (QED) is 0.479. The number of fused-ring (bicyclic) bond motifs is 2. The summed E-state index contributed by atoms with van der Waals surface area (Å²) >= 11 is 5.51. The SMILES string of the molecule is Clc1nc2ccccc2o1.c1ccc2ocnc2c1. The Morgan fingerprint density at radius 3 is 2.26 bits per heavy atom. The minimum atomic E-state index is 0.196. The monoisotopic (exact) mass is 272 g/mol. The molecule has 0 bridgehead atoms. The van der Waals surface area contributed by atoms with E-state index >= 15 is 0 Å². The van der Waals surface area contributed by atoms with Gasteiger partial charge in [-0.3, -0.25) is 0 Å². The summed E-state index contributed by atoms with van der Waals surface area (Å²) in [6.45, 7) is 0. The van der Waals surface area contributed by atoms with Gasteiger partial charge in [0, 0.05) is 0 Å². The molecule has 2 heterocycles. The first kappa shape index (κ1) is 11.7. The molecule has 0 aliphatic heterocycles. The van der Waals surface area contributed by atoms with E-state index in [2.05, 4.69) is 9.97 Å². The van der Waals surface area contributed by atoms with Crippen molar-refractivity contribution in [2.24, 2.45) is 0 Å². The predicted octanol–water partition coefficient (Wildman–Crippen LogP) is 4.31. The maximum Gasteiger partial charge on any atom is 0.293 e. The molecule has 0 amide bonds. The fourth-order valence-electron chi connectivity index (χ4n) is 1.65. The molecule has 19 heavy (non-hydrogen) atoms. The van der Waals surface area contributed by atoms with Gasteiger partial charge in [-0.2, -0.15) is 4.98 Å². The van der Waals surface area contributed by atoms with Crippen LogP contribution in [0.25, 0.3) is 22.2 Å². The highest BCUT2D eigenvalue weighted by molar-refractivity contribution is 6.28. The summed E-state index contributed by atoms with van der Waals surface area (Å²) in [6.07, 6.45) is 1.45. The Labute approximate surface area is 113 Å². The van der Waals surface area contributed by atoms with E-state index in [0.29, 0.717) is 0 Å². The van der Waals surface area contributed by atoms with Crippen LogP contribution in [0.4, 0.5) is 0 Å². The van der Waals surface area contributed by atoms with Crippen LogP contribution < -0.4 is 0 Å². The molecular weight excluding hydrogens is 264 g/mol. The van der Waals surface area contributed by atoms with E-state index in [0.717, 1.165) is 22.2 Å². The maximum absolute atomic E-state index is 5.51. The summed E-state index contributed by atoms with van der Waals surface area (Å²) in [5.74, 6) is 0. The highest BCUT2D eigenvalue weighted by atomic mass is 35.5. The molecule has 0 saturated heterocycles. The Kier molecular flexibility index (Phi) is 3.16. The lowest BCUT2D eigenvalue weighted by Crippen LogP contribution is -1.62. The van der Waals surface area contributed by atoms with Gasteiger partial charge in [0.25, 0.3) is 5.35 Å². The van der Waals surface area contributed by atoms with Gasteiger partial charge in [-0.15, -0.1) is 0 Å². The Hall–Kier alpha value is -2.33. The van der Waals surface area contributed by atoms with Crippen molar-refractivity contribution in [3.8, 4) is 0 Å². The van der Waals surface area contributed by atoms with Crippen molar-refractivity contribution in [2.45, 2.75) is 0 Å². The summed E-state index contributed by atoms with van der Waals surface area (Å²) in [4.78, 5) is 7.86. The number of para-hydroxylation sites is 4. The molecule has 0 spiro atoms. The first-order chi connectivity index (χ1) is 9.33. The minimum absolute atomic E-state index is 0.196. The molecule has 0 aliphatic rings. The third-order valence-electron chi connectivity index (χ3n) is 2.50. The number of aromatic nitrogens is 2. The van der Waals surface area contributed by atoms with Gasteiger partial charge >= 0.3 is 0 Å². The molecule has 0 aliphatic carbocycles. The zero-order valence-electron chi connectivity index (χ0n) is 9.79. The van der Waals surface area contributed by atoms with E-state index in [1.807, 2.05) is 48.5 Å². The van der Waals surface area contributed by atoms with Gasteiger partial charge < -0.3 is 8.83 Å². The third-order valence-corrected chi connectivity index (χ3v) is 2.67. The van der Waals surface area contributed by atoms with Crippen molar-refractivity contribution in [3.05, 3.63) is 60.3 Å². The Balaban J connectivity index is 0.000000117. The summed E-state index contributed by atoms with van der Waals surface area (Å²) in [6, 6.07) is 15.1. The number of halogens is 1. The van der Waals surface area contributed by atoms with Gasteiger partial charge in [0.15, 0.2) is 17.6 Å². The van der Waals surface area contributed by atoms with Crippen LogP contribution in [0.1, 0.15) is 0 Å². The lowest BCUT2D eigenvalue weighted by Gasteiger charge is -1.79. The topological polar surface area (TPSA) is 52.1 Å². The third kappa shape index (κ3) is 2.58. The summed E-state index contributed by atoms with van der Waals surface area (Å²) in [5, 5.41) is 0.196. The van der Waals surface area contributed by atoms with Crippen molar-refractivity contribution in [1.82, 2.24) is 9.97 Å². The molecule has 0 unspecified atom stereocenters. The van der Waals surface area contributed by atoms with Crippen LogP contribution >= 0.6 is 11.6 Å². The molecule has 0 N–H and O–H groups in total. The van der Waals surface area contributed by atoms with Crippen LogP contribution in [-0.4, -0.2) is 9.97 Å². The number of hydrogen-bond acceptors (Lipinski definition) is 4. The molecule has 2 aromatic heterocycles. The Bertz CT molecular complexity index is 744. The molecule has 4 rings (SSSR count). The fourth-order valence-corrected chi connectivity index (χ4v) is 1.82. The molecule has 4 aromatic rings. The van der Waals surface area contributed by atoms with E-state index in [9.17, 15) is 0 Å². The lowest BCUT2D eigenvalue weighted by atomic mass is 10.3. The molecule has 4 nitrogen and oxygen atoms in total. The van der Waals surface area contributed by atoms with Crippen LogP contribution in [0.15, 0.2) is 63.8 Å². The van der Waals surface area contributed by atoms with Crippen LogP contribution in [-0.2, 0) is 0 Å². The van der Waals surface area contributed by atoms with Crippen molar-refractivity contribution in [3.63, 3.8) is 0 Å². The highest BCUT2D eigenvalue weighted by Gasteiger charge is 1.99. The first-order valence-electron chi connectivity index (χ1n) is 5.62. The normalized spacial score (nSPS) is 10.4. The maximum atomic E-state index is 5.51. The van der Waals surface area contributed by atoms with E-state index in [4.69, 9.17) is 20.4 Å².